The minimum Gasteiger partial charge on any atom is -0.321 e. The maximum Gasteiger partial charge on any atom is 0.149 e. The fraction of sp³-hybridized carbons (Fsp3) is 0.250. The molecule has 0 fully saturated rings. The number of nitrogens with two attached hydrogens (primary N) is 1. The first-order valence-corrected chi connectivity index (χ1v) is 4.93. The largest absolute Gasteiger partial charge is 0.321 e. The van der Waals surface area contributed by atoms with Crippen LogP contribution in [0.25, 0.3) is 10.8 Å². The van der Waals surface area contributed by atoms with Crippen LogP contribution in [0, 0.1) is 11.6 Å². The molecule has 0 atom stereocenters. The number of rotatable bonds is 1. The molecule has 2 rings (SSSR count). The van der Waals surface area contributed by atoms with Crippen LogP contribution in [0.3, 0.4) is 0 Å². The Bertz CT molecular complexity index is 544. The molecular formula is C12H12F2N2. The molecule has 2 aromatic rings. The second-order valence-electron chi connectivity index (χ2n) is 4.37. The number of hydrogen-bond donors (Lipinski definition) is 1. The van der Waals surface area contributed by atoms with Gasteiger partial charge in [-0.2, -0.15) is 0 Å². The molecule has 0 radical (unpaired) electrons. The lowest BCUT2D eigenvalue weighted by Crippen LogP contribution is -2.30. The molecule has 0 spiro atoms. The number of aromatic nitrogens is 1. The van der Waals surface area contributed by atoms with Crippen LogP contribution in [0.1, 0.15) is 19.5 Å². The zero-order valence-electron chi connectivity index (χ0n) is 9.09. The Morgan fingerprint density at radius 2 is 1.88 bits per heavy atom. The summed E-state index contributed by atoms with van der Waals surface area (Å²) in [6.45, 7) is 3.55. The molecule has 0 amide bonds. The Kier molecular flexibility index (Phi) is 2.39. The Labute approximate surface area is 92.1 Å². The molecule has 0 saturated carbocycles. The predicted molar refractivity (Wildman–Crippen MR) is 58.9 cm³/mol. The molecule has 84 valence electrons. The highest BCUT2D eigenvalue weighted by molar-refractivity contribution is 5.85. The van der Waals surface area contributed by atoms with Crippen LogP contribution in [-0.2, 0) is 5.54 Å². The first kappa shape index (κ1) is 11.0. The Morgan fingerprint density at radius 1 is 1.19 bits per heavy atom. The van der Waals surface area contributed by atoms with Crippen molar-refractivity contribution in [2.24, 2.45) is 5.73 Å². The van der Waals surface area contributed by atoms with Crippen LogP contribution in [0.15, 0.2) is 24.4 Å². The SMILES string of the molecule is CC(C)(N)c1ncc(F)c2cc(F)ccc12. The summed E-state index contributed by atoms with van der Waals surface area (Å²) in [7, 11) is 0. The van der Waals surface area contributed by atoms with Crippen LogP contribution in [-0.4, -0.2) is 4.98 Å². The third-order valence-electron chi connectivity index (χ3n) is 2.41. The number of nitrogens with zero attached hydrogens (tertiary/aromatic N) is 1. The lowest BCUT2D eigenvalue weighted by Gasteiger charge is -2.20. The molecule has 0 bridgehead atoms. The third-order valence-corrected chi connectivity index (χ3v) is 2.41. The lowest BCUT2D eigenvalue weighted by molar-refractivity contribution is 0.536. The predicted octanol–water partition coefficient (Wildman–Crippen LogP) is 2.71. The Morgan fingerprint density at radius 3 is 2.50 bits per heavy atom. The molecule has 0 aliphatic rings. The Balaban J connectivity index is 2.85. The number of pyridine rings is 1. The van der Waals surface area contributed by atoms with E-state index >= 15 is 0 Å². The van der Waals surface area contributed by atoms with E-state index in [1.165, 1.54) is 12.1 Å². The summed E-state index contributed by atoms with van der Waals surface area (Å²) < 4.78 is 26.5. The summed E-state index contributed by atoms with van der Waals surface area (Å²) in [6, 6.07) is 3.94. The van der Waals surface area contributed by atoms with Crippen molar-refractivity contribution in [1.29, 1.82) is 0 Å². The second kappa shape index (κ2) is 3.49. The van der Waals surface area contributed by atoms with E-state index in [1.807, 2.05) is 0 Å². The normalized spacial score (nSPS) is 12.1. The van der Waals surface area contributed by atoms with Crippen molar-refractivity contribution in [2.45, 2.75) is 19.4 Å². The van der Waals surface area contributed by atoms with E-state index in [-0.39, 0.29) is 5.39 Å². The highest BCUT2D eigenvalue weighted by atomic mass is 19.1. The molecule has 2 N–H and O–H groups in total. The fourth-order valence-electron chi connectivity index (χ4n) is 1.69. The maximum absolute atomic E-state index is 13.5. The smallest absolute Gasteiger partial charge is 0.149 e. The molecule has 0 aliphatic carbocycles. The molecular weight excluding hydrogens is 210 g/mol. The summed E-state index contributed by atoms with van der Waals surface area (Å²) in [5.41, 5.74) is 5.80. The van der Waals surface area contributed by atoms with Gasteiger partial charge < -0.3 is 5.73 Å². The van der Waals surface area contributed by atoms with Gasteiger partial charge in [-0.05, 0) is 32.0 Å². The minimum atomic E-state index is -0.691. The van der Waals surface area contributed by atoms with E-state index in [0.29, 0.717) is 11.1 Å². The molecule has 1 aromatic heterocycles. The van der Waals surface area contributed by atoms with Gasteiger partial charge >= 0.3 is 0 Å². The molecule has 4 heteroatoms. The van der Waals surface area contributed by atoms with E-state index in [0.717, 1.165) is 12.3 Å². The second-order valence-corrected chi connectivity index (χ2v) is 4.37. The number of benzene rings is 1. The van der Waals surface area contributed by atoms with Gasteiger partial charge in [-0.25, -0.2) is 8.78 Å². The third kappa shape index (κ3) is 1.76. The van der Waals surface area contributed by atoms with Crippen LogP contribution in [0.4, 0.5) is 8.78 Å². The number of hydrogen-bond acceptors (Lipinski definition) is 2. The van der Waals surface area contributed by atoms with Crippen molar-refractivity contribution < 1.29 is 8.78 Å². The minimum absolute atomic E-state index is 0.212. The highest BCUT2D eigenvalue weighted by Gasteiger charge is 2.20. The van der Waals surface area contributed by atoms with Gasteiger partial charge in [-0.3, -0.25) is 4.98 Å². The monoisotopic (exact) mass is 222 g/mol. The first-order chi connectivity index (χ1) is 7.39. The lowest BCUT2D eigenvalue weighted by atomic mass is 9.96. The summed E-state index contributed by atoms with van der Waals surface area (Å²) in [4.78, 5) is 3.98. The summed E-state index contributed by atoms with van der Waals surface area (Å²) in [5, 5.41) is 0.762. The molecule has 0 saturated heterocycles. The summed E-state index contributed by atoms with van der Waals surface area (Å²) >= 11 is 0. The zero-order chi connectivity index (χ0) is 11.9. The summed E-state index contributed by atoms with van der Waals surface area (Å²) in [6.07, 6.45) is 1.08. The van der Waals surface area contributed by atoms with Gasteiger partial charge in [-0.1, -0.05) is 0 Å². The van der Waals surface area contributed by atoms with Crippen LogP contribution >= 0.6 is 0 Å². The van der Waals surface area contributed by atoms with Gasteiger partial charge in [0.1, 0.15) is 11.6 Å². The van der Waals surface area contributed by atoms with E-state index in [2.05, 4.69) is 4.98 Å². The topological polar surface area (TPSA) is 38.9 Å². The van der Waals surface area contributed by atoms with Gasteiger partial charge in [0.2, 0.25) is 0 Å². The standard InChI is InChI=1S/C12H12F2N2/c1-12(2,15)11-8-4-3-7(13)5-9(8)10(14)6-16-11/h3-6H,15H2,1-2H3. The van der Waals surface area contributed by atoms with Crippen molar-refractivity contribution in [2.75, 3.05) is 0 Å². The van der Waals surface area contributed by atoms with Gasteiger partial charge in [0.05, 0.1) is 17.4 Å². The van der Waals surface area contributed by atoms with Gasteiger partial charge in [0, 0.05) is 10.8 Å². The van der Waals surface area contributed by atoms with E-state index in [9.17, 15) is 8.78 Å². The fourth-order valence-corrected chi connectivity index (χ4v) is 1.69. The molecule has 0 aliphatic heterocycles. The molecule has 2 nitrogen and oxygen atoms in total. The van der Waals surface area contributed by atoms with Crippen molar-refractivity contribution in [1.82, 2.24) is 4.98 Å². The summed E-state index contributed by atoms with van der Waals surface area (Å²) in [5.74, 6) is -1.01. The van der Waals surface area contributed by atoms with Crippen molar-refractivity contribution in [3.8, 4) is 0 Å². The van der Waals surface area contributed by atoms with Gasteiger partial charge in [0.25, 0.3) is 0 Å². The quantitative estimate of drug-likeness (QED) is 0.805. The molecule has 0 unspecified atom stereocenters. The van der Waals surface area contributed by atoms with Gasteiger partial charge in [0.15, 0.2) is 0 Å². The van der Waals surface area contributed by atoms with Crippen molar-refractivity contribution >= 4 is 10.8 Å². The van der Waals surface area contributed by atoms with Crippen molar-refractivity contribution in [3.05, 3.63) is 41.7 Å². The van der Waals surface area contributed by atoms with Crippen LogP contribution in [0.5, 0.6) is 0 Å². The van der Waals surface area contributed by atoms with Crippen LogP contribution < -0.4 is 5.73 Å². The van der Waals surface area contributed by atoms with E-state index in [1.54, 1.807) is 13.8 Å². The van der Waals surface area contributed by atoms with Crippen molar-refractivity contribution in [3.63, 3.8) is 0 Å². The average molecular weight is 222 g/mol. The highest BCUT2D eigenvalue weighted by Crippen LogP contribution is 2.26. The van der Waals surface area contributed by atoms with E-state index in [4.69, 9.17) is 5.73 Å². The molecule has 16 heavy (non-hydrogen) atoms. The Hall–Kier alpha value is -1.55. The van der Waals surface area contributed by atoms with Crippen LogP contribution in [0.2, 0.25) is 0 Å². The number of fused-ring (bicyclic) bond motifs is 1. The molecule has 1 aromatic carbocycles. The first-order valence-electron chi connectivity index (χ1n) is 4.93. The number of halogens is 2. The molecule has 1 heterocycles. The maximum atomic E-state index is 13.5. The van der Waals surface area contributed by atoms with Gasteiger partial charge in [-0.15, -0.1) is 0 Å². The zero-order valence-corrected chi connectivity index (χ0v) is 9.09. The van der Waals surface area contributed by atoms with E-state index < -0.39 is 17.2 Å². The average Bonchev–Trinajstić information content (AvgIpc) is 2.17.